The number of benzene rings is 8. The summed E-state index contributed by atoms with van der Waals surface area (Å²) in [6, 6.07) is 61.2. The summed E-state index contributed by atoms with van der Waals surface area (Å²) in [6.45, 7) is 0. The summed E-state index contributed by atoms with van der Waals surface area (Å²) in [6.07, 6.45) is 0. The van der Waals surface area contributed by atoms with Gasteiger partial charge in [-0.1, -0.05) is 115 Å². The Morgan fingerprint density at radius 2 is 1.12 bits per heavy atom. The van der Waals surface area contributed by atoms with E-state index < -0.39 is 0 Å². The highest BCUT2D eigenvalue weighted by Gasteiger charge is 2.27. The van der Waals surface area contributed by atoms with Crippen molar-refractivity contribution in [3.8, 4) is 5.69 Å². The first-order chi connectivity index (χ1) is 24.8. The first kappa shape index (κ1) is 27.6. The standard InChI is InChI=1S/C46H28N2OS/c1-2-15-30(16-3-1)47-36-22-9-6-18-32(36)33-21-12-24-38(45(33)47)48(37-23-13-26-41-43(37)34-19-7-10-25-40(34)49-41)39-28-29-14-4-5-17-31(29)46-44(39)35-20-8-11-27-42(35)50-46/h1-28H. The summed E-state index contributed by atoms with van der Waals surface area (Å²) in [5.41, 5.74) is 8.55. The van der Waals surface area contributed by atoms with Crippen molar-refractivity contribution >= 4 is 103 Å². The highest BCUT2D eigenvalue weighted by molar-refractivity contribution is 7.26. The molecular weight excluding hydrogens is 629 g/mol. The third-order valence-corrected chi connectivity index (χ3v) is 11.3. The molecule has 3 aromatic heterocycles. The second-order valence-corrected chi connectivity index (χ2v) is 13.9. The number of furan rings is 1. The fraction of sp³-hybridized carbons (Fsp3) is 0. The number of fused-ring (bicyclic) bond motifs is 11. The van der Waals surface area contributed by atoms with E-state index in [1.54, 1.807) is 0 Å². The lowest BCUT2D eigenvalue weighted by molar-refractivity contribution is 0.669. The lowest BCUT2D eigenvalue weighted by Crippen LogP contribution is -2.12. The molecule has 0 saturated carbocycles. The lowest BCUT2D eigenvalue weighted by Gasteiger charge is -2.29. The predicted molar refractivity (Wildman–Crippen MR) is 213 cm³/mol. The van der Waals surface area contributed by atoms with Crippen LogP contribution in [-0.4, -0.2) is 4.57 Å². The number of hydrogen-bond donors (Lipinski definition) is 0. The Morgan fingerprint density at radius 3 is 2.02 bits per heavy atom. The van der Waals surface area contributed by atoms with Crippen molar-refractivity contribution in [3.63, 3.8) is 0 Å². The van der Waals surface area contributed by atoms with Gasteiger partial charge in [-0.3, -0.25) is 0 Å². The Hall–Kier alpha value is -6.36. The van der Waals surface area contributed by atoms with Crippen molar-refractivity contribution in [2.75, 3.05) is 4.90 Å². The summed E-state index contributed by atoms with van der Waals surface area (Å²) in [5, 5.41) is 9.65. The largest absolute Gasteiger partial charge is 0.456 e. The van der Waals surface area contributed by atoms with E-state index in [-0.39, 0.29) is 0 Å². The fourth-order valence-electron chi connectivity index (χ4n) is 8.07. The van der Waals surface area contributed by atoms with Crippen LogP contribution in [0.15, 0.2) is 174 Å². The zero-order valence-electron chi connectivity index (χ0n) is 26.9. The van der Waals surface area contributed by atoms with Gasteiger partial charge in [0, 0.05) is 42.0 Å². The van der Waals surface area contributed by atoms with Crippen LogP contribution in [0, 0.1) is 0 Å². The number of aromatic nitrogens is 1. The molecule has 8 aromatic carbocycles. The highest BCUT2D eigenvalue weighted by atomic mass is 32.1. The number of para-hydroxylation sites is 4. The van der Waals surface area contributed by atoms with Gasteiger partial charge >= 0.3 is 0 Å². The molecule has 0 aliphatic carbocycles. The van der Waals surface area contributed by atoms with Gasteiger partial charge in [0.05, 0.1) is 33.5 Å². The van der Waals surface area contributed by atoms with E-state index in [9.17, 15) is 0 Å². The molecule has 0 radical (unpaired) electrons. The Kier molecular flexibility index (Phi) is 5.83. The van der Waals surface area contributed by atoms with E-state index in [2.05, 4.69) is 173 Å². The molecule has 4 heteroatoms. The van der Waals surface area contributed by atoms with Gasteiger partial charge < -0.3 is 13.9 Å². The first-order valence-electron chi connectivity index (χ1n) is 16.9. The van der Waals surface area contributed by atoms with E-state index in [1.807, 2.05) is 17.4 Å². The number of thiophene rings is 1. The van der Waals surface area contributed by atoms with Crippen molar-refractivity contribution in [1.82, 2.24) is 4.57 Å². The number of anilines is 3. The Labute approximate surface area is 291 Å². The summed E-state index contributed by atoms with van der Waals surface area (Å²) >= 11 is 1.88. The summed E-state index contributed by atoms with van der Waals surface area (Å²) in [5.74, 6) is 0. The van der Waals surface area contributed by atoms with Crippen LogP contribution in [0.3, 0.4) is 0 Å². The van der Waals surface area contributed by atoms with Gasteiger partial charge in [-0.2, -0.15) is 0 Å². The minimum absolute atomic E-state index is 0.872. The highest BCUT2D eigenvalue weighted by Crippen LogP contribution is 2.52. The minimum atomic E-state index is 0.872. The van der Waals surface area contributed by atoms with Crippen molar-refractivity contribution in [3.05, 3.63) is 170 Å². The Bertz CT molecular complexity index is 3110. The second-order valence-electron chi connectivity index (χ2n) is 12.9. The lowest BCUT2D eigenvalue weighted by atomic mass is 10.0. The maximum Gasteiger partial charge on any atom is 0.137 e. The Balaban J connectivity index is 1.37. The van der Waals surface area contributed by atoms with E-state index in [1.165, 1.54) is 47.2 Å². The third-order valence-electron chi connectivity index (χ3n) is 10.1. The van der Waals surface area contributed by atoms with Crippen LogP contribution in [0.4, 0.5) is 17.1 Å². The topological polar surface area (TPSA) is 21.3 Å². The van der Waals surface area contributed by atoms with E-state index in [0.717, 1.165) is 50.2 Å². The van der Waals surface area contributed by atoms with Crippen molar-refractivity contribution in [1.29, 1.82) is 0 Å². The zero-order valence-corrected chi connectivity index (χ0v) is 27.7. The average molecular weight is 657 g/mol. The van der Waals surface area contributed by atoms with Crippen LogP contribution < -0.4 is 4.90 Å². The summed E-state index contributed by atoms with van der Waals surface area (Å²) in [7, 11) is 0. The number of rotatable bonds is 4. The van der Waals surface area contributed by atoms with Gasteiger partial charge in [-0.05, 0) is 65.4 Å². The van der Waals surface area contributed by atoms with Gasteiger partial charge in [0.15, 0.2) is 0 Å². The molecular formula is C46H28N2OS. The van der Waals surface area contributed by atoms with Gasteiger partial charge in [-0.15, -0.1) is 11.3 Å². The van der Waals surface area contributed by atoms with Gasteiger partial charge in [0.2, 0.25) is 0 Å². The molecule has 0 amide bonds. The molecule has 0 bridgehead atoms. The van der Waals surface area contributed by atoms with E-state index in [4.69, 9.17) is 4.42 Å². The van der Waals surface area contributed by atoms with Gasteiger partial charge in [0.25, 0.3) is 0 Å². The van der Waals surface area contributed by atoms with Crippen molar-refractivity contribution in [2.24, 2.45) is 0 Å². The quantitative estimate of drug-likeness (QED) is 0.188. The Morgan fingerprint density at radius 1 is 0.460 bits per heavy atom. The average Bonchev–Trinajstić information content (AvgIpc) is 3.86. The van der Waals surface area contributed by atoms with Gasteiger partial charge in [-0.25, -0.2) is 0 Å². The predicted octanol–water partition coefficient (Wildman–Crippen LogP) is 13.7. The third kappa shape index (κ3) is 3.85. The molecule has 50 heavy (non-hydrogen) atoms. The molecule has 3 heterocycles. The fourth-order valence-corrected chi connectivity index (χ4v) is 9.33. The van der Waals surface area contributed by atoms with Gasteiger partial charge in [0.1, 0.15) is 11.2 Å². The maximum atomic E-state index is 6.53. The molecule has 234 valence electrons. The molecule has 3 nitrogen and oxygen atoms in total. The zero-order chi connectivity index (χ0) is 32.8. The SMILES string of the molecule is c1ccc(-n2c3ccccc3c3cccc(N(c4cccc5oc6ccccc6c45)c4cc5ccccc5c5sc6ccccc6c45)c32)cc1. The number of nitrogens with zero attached hydrogens (tertiary/aromatic N) is 2. The monoisotopic (exact) mass is 656 g/mol. The molecule has 0 aliphatic rings. The summed E-state index contributed by atoms with van der Waals surface area (Å²) < 4.78 is 11.5. The van der Waals surface area contributed by atoms with Crippen LogP contribution in [-0.2, 0) is 0 Å². The molecule has 0 fully saturated rings. The maximum absolute atomic E-state index is 6.53. The van der Waals surface area contributed by atoms with Crippen LogP contribution in [0.5, 0.6) is 0 Å². The normalized spacial score (nSPS) is 12.0. The molecule has 11 rings (SSSR count). The molecule has 0 N–H and O–H groups in total. The molecule has 0 atom stereocenters. The molecule has 0 unspecified atom stereocenters. The van der Waals surface area contributed by atoms with Crippen LogP contribution in [0.25, 0.3) is 80.4 Å². The minimum Gasteiger partial charge on any atom is -0.456 e. The molecule has 0 saturated heterocycles. The van der Waals surface area contributed by atoms with E-state index >= 15 is 0 Å². The number of hydrogen-bond acceptors (Lipinski definition) is 3. The van der Waals surface area contributed by atoms with Crippen LogP contribution in [0.1, 0.15) is 0 Å². The van der Waals surface area contributed by atoms with Crippen molar-refractivity contribution < 1.29 is 4.42 Å². The smallest absolute Gasteiger partial charge is 0.137 e. The molecule has 0 spiro atoms. The second kappa shape index (κ2) is 10.6. The van der Waals surface area contributed by atoms with Crippen LogP contribution >= 0.6 is 11.3 Å². The van der Waals surface area contributed by atoms with Crippen molar-refractivity contribution in [2.45, 2.75) is 0 Å². The van der Waals surface area contributed by atoms with Crippen LogP contribution in [0.2, 0.25) is 0 Å². The molecule has 0 aliphatic heterocycles. The first-order valence-corrected chi connectivity index (χ1v) is 17.8. The van der Waals surface area contributed by atoms with E-state index in [0.29, 0.717) is 0 Å². The summed E-state index contributed by atoms with van der Waals surface area (Å²) in [4.78, 5) is 2.51. The molecule has 11 aromatic rings.